The normalized spacial score (nSPS) is 25.0. The Kier molecular flexibility index (Phi) is 4.38. The Morgan fingerprint density at radius 1 is 1.20 bits per heavy atom. The van der Waals surface area contributed by atoms with Crippen LogP contribution < -0.4 is 4.74 Å². The van der Waals surface area contributed by atoms with E-state index in [2.05, 4.69) is 4.98 Å². The Morgan fingerprint density at radius 3 is 2.88 bits per heavy atom. The summed E-state index contributed by atoms with van der Waals surface area (Å²) in [6.07, 6.45) is 5.78. The van der Waals surface area contributed by atoms with E-state index >= 15 is 0 Å². The van der Waals surface area contributed by atoms with Crippen LogP contribution in [-0.2, 0) is 11.2 Å². The van der Waals surface area contributed by atoms with Gasteiger partial charge in [0.05, 0.1) is 12.6 Å². The minimum atomic E-state index is -0.312. The molecule has 2 heterocycles. The molecule has 1 amide bonds. The minimum absolute atomic E-state index is 0.000345. The SMILES string of the molecule is O=C(Cc1ccccc1F)N1C[C@H]2CC[C@@H](Oc3cccnc3)[C@H]2C1. The molecule has 5 heteroatoms. The van der Waals surface area contributed by atoms with Crippen molar-refractivity contribution in [3.05, 3.63) is 60.2 Å². The number of amides is 1. The van der Waals surface area contributed by atoms with Crippen molar-refractivity contribution in [2.75, 3.05) is 13.1 Å². The maximum absolute atomic E-state index is 13.8. The Morgan fingerprint density at radius 2 is 2.08 bits per heavy atom. The van der Waals surface area contributed by atoms with Crippen molar-refractivity contribution in [3.63, 3.8) is 0 Å². The Labute approximate surface area is 146 Å². The third-order valence-corrected chi connectivity index (χ3v) is 5.37. The van der Waals surface area contributed by atoms with Crippen LogP contribution in [0.3, 0.4) is 0 Å². The van der Waals surface area contributed by atoms with Crippen molar-refractivity contribution in [2.24, 2.45) is 11.8 Å². The molecule has 1 saturated carbocycles. The van der Waals surface area contributed by atoms with Crippen molar-refractivity contribution < 1.29 is 13.9 Å². The van der Waals surface area contributed by atoms with Gasteiger partial charge in [-0.15, -0.1) is 0 Å². The average molecular weight is 340 g/mol. The number of nitrogens with zero attached hydrogens (tertiary/aromatic N) is 2. The number of ether oxygens (including phenoxy) is 1. The molecule has 1 aliphatic carbocycles. The molecule has 0 N–H and O–H groups in total. The molecule has 0 bridgehead atoms. The van der Waals surface area contributed by atoms with E-state index in [0.717, 1.165) is 25.1 Å². The zero-order valence-electron chi connectivity index (χ0n) is 14.0. The quantitative estimate of drug-likeness (QED) is 0.859. The van der Waals surface area contributed by atoms with Gasteiger partial charge in [-0.3, -0.25) is 9.78 Å². The standard InChI is InChI=1S/C20H21FN2O2/c21-18-6-2-1-4-14(18)10-20(24)23-12-15-7-8-19(17(15)13-23)25-16-5-3-9-22-11-16/h1-6,9,11,15,17,19H,7-8,10,12-13H2/t15-,17+,19-/m1/s1. The van der Waals surface area contributed by atoms with Gasteiger partial charge in [0.2, 0.25) is 5.91 Å². The number of aromatic nitrogens is 1. The number of rotatable bonds is 4. The zero-order chi connectivity index (χ0) is 17.2. The van der Waals surface area contributed by atoms with Gasteiger partial charge in [0.15, 0.2) is 0 Å². The molecule has 2 aliphatic rings. The second kappa shape index (κ2) is 6.82. The highest BCUT2D eigenvalue weighted by Crippen LogP contribution is 2.40. The van der Waals surface area contributed by atoms with Gasteiger partial charge in [-0.1, -0.05) is 18.2 Å². The Bertz CT molecular complexity index is 752. The highest BCUT2D eigenvalue weighted by molar-refractivity contribution is 5.79. The van der Waals surface area contributed by atoms with Crippen molar-refractivity contribution in [1.82, 2.24) is 9.88 Å². The van der Waals surface area contributed by atoms with E-state index in [0.29, 0.717) is 23.9 Å². The lowest BCUT2D eigenvalue weighted by atomic mass is 9.99. The number of benzene rings is 1. The lowest BCUT2D eigenvalue weighted by molar-refractivity contribution is -0.129. The molecule has 4 rings (SSSR count). The molecule has 0 radical (unpaired) electrons. The van der Waals surface area contributed by atoms with E-state index < -0.39 is 0 Å². The minimum Gasteiger partial charge on any atom is -0.488 e. The van der Waals surface area contributed by atoms with Gasteiger partial charge in [-0.25, -0.2) is 4.39 Å². The summed E-state index contributed by atoms with van der Waals surface area (Å²) < 4.78 is 19.9. The Hall–Kier alpha value is -2.43. The molecule has 25 heavy (non-hydrogen) atoms. The first-order valence-corrected chi connectivity index (χ1v) is 8.78. The fraction of sp³-hybridized carbons (Fsp3) is 0.400. The third kappa shape index (κ3) is 3.36. The highest BCUT2D eigenvalue weighted by atomic mass is 19.1. The third-order valence-electron chi connectivity index (χ3n) is 5.37. The Balaban J connectivity index is 1.39. The van der Waals surface area contributed by atoms with Crippen LogP contribution in [0.5, 0.6) is 5.75 Å². The predicted molar refractivity (Wildman–Crippen MR) is 91.6 cm³/mol. The first kappa shape index (κ1) is 16.1. The molecule has 1 aromatic heterocycles. The number of fused-ring (bicyclic) bond motifs is 1. The van der Waals surface area contributed by atoms with Crippen molar-refractivity contribution in [2.45, 2.75) is 25.4 Å². The second-order valence-corrected chi connectivity index (χ2v) is 6.91. The lowest BCUT2D eigenvalue weighted by Crippen LogP contribution is -2.33. The van der Waals surface area contributed by atoms with Crippen LogP contribution in [0.25, 0.3) is 0 Å². The van der Waals surface area contributed by atoms with Gasteiger partial charge in [0.25, 0.3) is 0 Å². The van der Waals surface area contributed by atoms with Gasteiger partial charge in [0.1, 0.15) is 17.7 Å². The van der Waals surface area contributed by atoms with Crippen LogP contribution in [0, 0.1) is 17.7 Å². The molecule has 0 unspecified atom stereocenters. The summed E-state index contributed by atoms with van der Waals surface area (Å²) in [7, 11) is 0. The summed E-state index contributed by atoms with van der Waals surface area (Å²) in [6, 6.07) is 10.3. The largest absolute Gasteiger partial charge is 0.488 e. The highest BCUT2D eigenvalue weighted by Gasteiger charge is 2.45. The smallest absolute Gasteiger partial charge is 0.227 e. The summed E-state index contributed by atoms with van der Waals surface area (Å²) >= 11 is 0. The van der Waals surface area contributed by atoms with Crippen LogP contribution in [0.1, 0.15) is 18.4 Å². The summed E-state index contributed by atoms with van der Waals surface area (Å²) in [6.45, 7) is 1.45. The van der Waals surface area contributed by atoms with Crippen LogP contribution >= 0.6 is 0 Å². The predicted octanol–water partition coefficient (Wildman–Crippen LogP) is 3.08. The molecular weight excluding hydrogens is 319 g/mol. The van der Waals surface area contributed by atoms with Gasteiger partial charge in [-0.2, -0.15) is 0 Å². The molecule has 1 saturated heterocycles. The van der Waals surface area contributed by atoms with E-state index in [-0.39, 0.29) is 24.2 Å². The lowest BCUT2D eigenvalue weighted by Gasteiger charge is -2.22. The van der Waals surface area contributed by atoms with Crippen molar-refractivity contribution in [1.29, 1.82) is 0 Å². The molecule has 4 nitrogen and oxygen atoms in total. The number of likely N-dealkylation sites (tertiary alicyclic amines) is 1. The zero-order valence-corrected chi connectivity index (χ0v) is 14.0. The van der Waals surface area contributed by atoms with Gasteiger partial charge in [0, 0.05) is 25.2 Å². The molecule has 1 aliphatic heterocycles. The molecule has 1 aromatic carbocycles. The van der Waals surface area contributed by atoms with Crippen LogP contribution in [0.15, 0.2) is 48.8 Å². The van der Waals surface area contributed by atoms with Gasteiger partial charge >= 0.3 is 0 Å². The molecular formula is C20H21FN2O2. The number of halogens is 1. The molecule has 2 fully saturated rings. The van der Waals surface area contributed by atoms with E-state index in [1.165, 1.54) is 6.07 Å². The first-order chi connectivity index (χ1) is 12.2. The van der Waals surface area contributed by atoms with Crippen LogP contribution in [0.2, 0.25) is 0 Å². The summed E-state index contributed by atoms with van der Waals surface area (Å²) in [4.78, 5) is 18.5. The summed E-state index contributed by atoms with van der Waals surface area (Å²) in [5.74, 6) is 1.30. The average Bonchev–Trinajstić information content (AvgIpc) is 3.20. The molecule has 2 aromatic rings. The summed E-state index contributed by atoms with van der Waals surface area (Å²) in [5, 5.41) is 0. The maximum Gasteiger partial charge on any atom is 0.227 e. The van der Waals surface area contributed by atoms with Gasteiger partial charge in [-0.05, 0) is 42.5 Å². The first-order valence-electron chi connectivity index (χ1n) is 8.78. The van der Waals surface area contributed by atoms with E-state index in [4.69, 9.17) is 4.74 Å². The number of hydrogen-bond acceptors (Lipinski definition) is 3. The second-order valence-electron chi connectivity index (χ2n) is 6.91. The van der Waals surface area contributed by atoms with E-state index in [9.17, 15) is 9.18 Å². The fourth-order valence-electron chi connectivity index (χ4n) is 4.07. The van der Waals surface area contributed by atoms with Crippen LogP contribution in [0.4, 0.5) is 4.39 Å². The summed E-state index contributed by atoms with van der Waals surface area (Å²) in [5.41, 5.74) is 0.465. The number of carbonyl (C=O) groups excluding carboxylic acids is 1. The topological polar surface area (TPSA) is 42.4 Å². The molecule has 3 atom stereocenters. The van der Waals surface area contributed by atoms with E-state index in [1.807, 2.05) is 17.0 Å². The van der Waals surface area contributed by atoms with Gasteiger partial charge < -0.3 is 9.64 Å². The van der Waals surface area contributed by atoms with E-state index in [1.54, 1.807) is 30.6 Å². The van der Waals surface area contributed by atoms with Crippen molar-refractivity contribution >= 4 is 5.91 Å². The number of hydrogen-bond donors (Lipinski definition) is 0. The molecule has 130 valence electrons. The monoisotopic (exact) mass is 340 g/mol. The molecule has 0 spiro atoms. The number of carbonyl (C=O) groups is 1. The number of pyridine rings is 1. The maximum atomic E-state index is 13.8. The fourth-order valence-corrected chi connectivity index (χ4v) is 4.07. The van der Waals surface area contributed by atoms with Crippen LogP contribution in [-0.4, -0.2) is 35.0 Å². The van der Waals surface area contributed by atoms with Crippen molar-refractivity contribution in [3.8, 4) is 5.75 Å².